The third-order valence-corrected chi connectivity index (χ3v) is 4.39. The second-order valence-electron chi connectivity index (χ2n) is 4.45. The predicted molar refractivity (Wildman–Crippen MR) is 81.7 cm³/mol. The number of thioether (sulfide) groups is 1. The quantitative estimate of drug-likeness (QED) is 0.904. The Hall–Kier alpha value is -0.130. The third-order valence-electron chi connectivity index (χ3n) is 2.90. The van der Waals surface area contributed by atoms with Crippen LogP contribution in [0.1, 0.15) is 0 Å². The molecule has 2 rings (SSSR count). The first-order valence-electron chi connectivity index (χ1n) is 6.21. The molecular weight excluding hydrogens is 305 g/mol. The fraction of sp³-hybridized carbons (Fsp3) is 0.538. The van der Waals surface area contributed by atoms with Gasteiger partial charge in [0.25, 0.3) is 0 Å². The normalized spacial score (nSPS) is 18.3. The van der Waals surface area contributed by atoms with Crippen LogP contribution in [0.15, 0.2) is 18.2 Å². The molecule has 0 saturated carbocycles. The van der Waals surface area contributed by atoms with Crippen LogP contribution in [0.4, 0.5) is 0 Å². The lowest BCUT2D eigenvalue weighted by molar-refractivity contribution is 0.0716. The first kappa shape index (κ1) is 15.3. The van der Waals surface area contributed by atoms with Crippen LogP contribution in [0.3, 0.4) is 0 Å². The van der Waals surface area contributed by atoms with Gasteiger partial charge in [0.1, 0.15) is 18.5 Å². The Morgan fingerprint density at radius 1 is 1.32 bits per heavy atom. The van der Waals surface area contributed by atoms with Crippen LogP contribution in [-0.2, 0) is 0 Å². The van der Waals surface area contributed by atoms with Crippen LogP contribution in [0.5, 0.6) is 5.75 Å². The van der Waals surface area contributed by atoms with Gasteiger partial charge >= 0.3 is 0 Å². The summed E-state index contributed by atoms with van der Waals surface area (Å²) >= 11 is 13.8. The van der Waals surface area contributed by atoms with Gasteiger partial charge in [-0.1, -0.05) is 23.2 Å². The Morgan fingerprint density at radius 2 is 2.05 bits per heavy atom. The van der Waals surface area contributed by atoms with E-state index in [0.717, 1.165) is 24.6 Å². The average Bonchev–Trinajstić information content (AvgIpc) is 2.41. The van der Waals surface area contributed by atoms with Gasteiger partial charge in [0, 0.05) is 42.2 Å². The molecule has 3 nitrogen and oxygen atoms in total. The summed E-state index contributed by atoms with van der Waals surface area (Å²) < 4.78 is 5.52. The van der Waals surface area contributed by atoms with Crippen molar-refractivity contribution >= 4 is 35.0 Å². The first-order chi connectivity index (χ1) is 9.15. The van der Waals surface area contributed by atoms with Crippen LogP contribution < -0.4 is 4.74 Å². The molecule has 1 heterocycles. The van der Waals surface area contributed by atoms with Gasteiger partial charge in [-0.3, -0.25) is 4.90 Å². The maximum atomic E-state index is 9.97. The number of benzene rings is 1. The Labute approximate surface area is 127 Å². The minimum absolute atomic E-state index is 0.226. The van der Waals surface area contributed by atoms with Crippen molar-refractivity contribution in [2.24, 2.45) is 0 Å². The third kappa shape index (κ3) is 5.04. The van der Waals surface area contributed by atoms with Crippen LogP contribution in [0.2, 0.25) is 10.0 Å². The standard InChI is InChI=1S/C13H17Cl2NO2S/c14-10-1-2-12(15)13(7-10)18-9-11(17)8-16-3-5-19-6-4-16/h1-2,7,11,17H,3-6,8-9H2. The van der Waals surface area contributed by atoms with E-state index in [0.29, 0.717) is 22.3 Å². The Morgan fingerprint density at radius 3 is 2.79 bits per heavy atom. The number of rotatable bonds is 5. The van der Waals surface area contributed by atoms with Crippen molar-refractivity contribution in [3.63, 3.8) is 0 Å². The molecule has 1 aromatic carbocycles. The lowest BCUT2D eigenvalue weighted by Gasteiger charge is -2.28. The molecule has 0 aliphatic carbocycles. The smallest absolute Gasteiger partial charge is 0.139 e. The van der Waals surface area contributed by atoms with E-state index in [4.69, 9.17) is 27.9 Å². The molecule has 1 aromatic rings. The monoisotopic (exact) mass is 321 g/mol. The Kier molecular flexibility index (Phi) is 6.10. The van der Waals surface area contributed by atoms with Gasteiger partial charge in [0.2, 0.25) is 0 Å². The van der Waals surface area contributed by atoms with Crippen LogP contribution >= 0.6 is 35.0 Å². The van der Waals surface area contributed by atoms with E-state index < -0.39 is 6.10 Å². The maximum absolute atomic E-state index is 9.97. The number of ether oxygens (including phenoxy) is 1. The summed E-state index contributed by atoms with van der Waals surface area (Å²) in [5, 5.41) is 11.1. The van der Waals surface area contributed by atoms with Crippen molar-refractivity contribution in [1.82, 2.24) is 4.90 Å². The lowest BCUT2D eigenvalue weighted by Crippen LogP contribution is -2.40. The van der Waals surface area contributed by atoms with Gasteiger partial charge in [-0.15, -0.1) is 0 Å². The minimum atomic E-state index is -0.516. The van der Waals surface area contributed by atoms with Crippen molar-refractivity contribution in [2.45, 2.75) is 6.10 Å². The molecule has 0 amide bonds. The van der Waals surface area contributed by atoms with E-state index in [-0.39, 0.29) is 6.61 Å². The van der Waals surface area contributed by atoms with Crippen LogP contribution in [0.25, 0.3) is 0 Å². The fourth-order valence-corrected chi connectivity index (χ4v) is 3.22. The number of nitrogens with zero attached hydrogens (tertiary/aromatic N) is 1. The molecule has 0 radical (unpaired) electrons. The number of hydrogen-bond donors (Lipinski definition) is 1. The zero-order valence-electron chi connectivity index (χ0n) is 10.5. The molecule has 106 valence electrons. The number of aliphatic hydroxyl groups excluding tert-OH is 1. The highest BCUT2D eigenvalue weighted by Gasteiger charge is 2.15. The van der Waals surface area contributed by atoms with Crippen LogP contribution in [0, 0.1) is 0 Å². The van der Waals surface area contributed by atoms with E-state index in [1.54, 1.807) is 18.2 Å². The van der Waals surface area contributed by atoms with E-state index in [1.165, 1.54) is 0 Å². The second kappa shape index (κ2) is 7.60. The molecule has 0 spiro atoms. The summed E-state index contributed by atoms with van der Waals surface area (Å²) in [4.78, 5) is 2.25. The molecule has 1 N–H and O–H groups in total. The van der Waals surface area contributed by atoms with E-state index >= 15 is 0 Å². The van der Waals surface area contributed by atoms with Gasteiger partial charge in [-0.25, -0.2) is 0 Å². The second-order valence-corrected chi connectivity index (χ2v) is 6.52. The number of β-amino-alcohol motifs (C(OH)–C–C–N with tert-alkyl or cyclic N) is 1. The zero-order valence-corrected chi connectivity index (χ0v) is 12.8. The van der Waals surface area contributed by atoms with E-state index in [2.05, 4.69) is 4.90 Å². The van der Waals surface area contributed by atoms with E-state index in [9.17, 15) is 5.11 Å². The molecule has 1 saturated heterocycles. The van der Waals surface area contributed by atoms with E-state index in [1.807, 2.05) is 11.8 Å². The van der Waals surface area contributed by atoms with Crippen LogP contribution in [-0.4, -0.2) is 53.9 Å². The molecule has 1 aliphatic heterocycles. The Balaban J connectivity index is 1.79. The summed E-state index contributed by atoms with van der Waals surface area (Å²) in [5.41, 5.74) is 0. The van der Waals surface area contributed by atoms with Gasteiger partial charge in [0.15, 0.2) is 0 Å². The average molecular weight is 322 g/mol. The fourth-order valence-electron chi connectivity index (χ4n) is 1.91. The number of aliphatic hydroxyl groups is 1. The summed E-state index contributed by atoms with van der Waals surface area (Å²) in [6.07, 6.45) is -0.516. The van der Waals surface area contributed by atoms with Crippen molar-refractivity contribution in [3.8, 4) is 5.75 Å². The molecule has 0 aromatic heterocycles. The molecule has 1 atom stereocenters. The minimum Gasteiger partial charge on any atom is -0.489 e. The van der Waals surface area contributed by atoms with Gasteiger partial charge < -0.3 is 9.84 Å². The van der Waals surface area contributed by atoms with Gasteiger partial charge in [0.05, 0.1) is 5.02 Å². The number of halogens is 2. The largest absolute Gasteiger partial charge is 0.489 e. The maximum Gasteiger partial charge on any atom is 0.139 e. The highest BCUT2D eigenvalue weighted by molar-refractivity contribution is 7.99. The van der Waals surface area contributed by atoms with Crippen molar-refractivity contribution in [1.29, 1.82) is 0 Å². The SMILES string of the molecule is OC(COc1cc(Cl)ccc1Cl)CN1CCSCC1. The van der Waals surface area contributed by atoms with Gasteiger partial charge in [-0.2, -0.15) is 11.8 Å². The zero-order chi connectivity index (χ0) is 13.7. The molecule has 1 aliphatic rings. The van der Waals surface area contributed by atoms with Crippen molar-refractivity contribution in [2.75, 3.05) is 37.7 Å². The number of hydrogen-bond acceptors (Lipinski definition) is 4. The van der Waals surface area contributed by atoms with Gasteiger partial charge in [-0.05, 0) is 12.1 Å². The summed E-state index contributed by atoms with van der Waals surface area (Å²) in [6, 6.07) is 5.06. The summed E-state index contributed by atoms with van der Waals surface area (Å²) in [7, 11) is 0. The topological polar surface area (TPSA) is 32.7 Å². The molecule has 19 heavy (non-hydrogen) atoms. The Bertz CT molecular complexity index is 414. The molecular formula is C13H17Cl2NO2S. The molecule has 6 heteroatoms. The highest BCUT2D eigenvalue weighted by atomic mass is 35.5. The predicted octanol–water partition coefficient (Wildman–Crippen LogP) is 2.78. The summed E-state index contributed by atoms with van der Waals surface area (Å²) in [5.74, 6) is 2.78. The highest BCUT2D eigenvalue weighted by Crippen LogP contribution is 2.27. The molecule has 1 fully saturated rings. The molecule has 0 bridgehead atoms. The van der Waals surface area contributed by atoms with Crippen molar-refractivity contribution in [3.05, 3.63) is 28.2 Å². The lowest BCUT2D eigenvalue weighted by atomic mass is 10.3. The molecule has 1 unspecified atom stereocenters. The summed E-state index contributed by atoms with van der Waals surface area (Å²) in [6.45, 7) is 2.92. The first-order valence-corrected chi connectivity index (χ1v) is 8.12. The van der Waals surface area contributed by atoms with Crippen molar-refractivity contribution < 1.29 is 9.84 Å².